The third-order valence-electron chi connectivity index (χ3n) is 2.09. The molecule has 0 saturated carbocycles. The first-order chi connectivity index (χ1) is 7.67. The summed E-state index contributed by atoms with van der Waals surface area (Å²) >= 11 is 9.38. The number of halogens is 2. The van der Waals surface area contributed by atoms with Gasteiger partial charge in [0.15, 0.2) is 5.75 Å². The predicted octanol–water partition coefficient (Wildman–Crippen LogP) is 3.06. The van der Waals surface area contributed by atoms with Crippen molar-refractivity contribution < 1.29 is 9.47 Å². The lowest BCUT2D eigenvalue weighted by Crippen LogP contribution is -1.95. The highest BCUT2D eigenvalue weighted by atomic mass is 79.9. The molecule has 0 radical (unpaired) electrons. The van der Waals surface area contributed by atoms with Crippen molar-refractivity contribution in [3.63, 3.8) is 0 Å². The van der Waals surface area contributed by atoms with Crippen LogP contribution in [-0.4, -0.2) is 24.2 Å². The van der Waals surface area contributed by atoms with Crippen molar-refractivity contribution >= 4 is 38.4 Å². The predicted molar refractivity (Wildman–Crippen MR) is 65.4 cm³/mol. The molecule has 1 aromatic heterocycles. The molecule has 0 aliphatic rings. The Morgan fingerprint density at radius 1 is 1.31 bits per heavy atom. The molecule has 84 valence electrons. The molecule has 6 heteroatoms. The maximum absolute atomic E-state index is 6.03. The average molecular weight is 304 g/mol. The molecule has 0 aliphatic carbocycles. The minimum atomic E-state index is 0.292. The molecular weight excluding hydrogens is 295 g/mol. The van der Waals surface area contributed by atoms with Crippen LogP contribution in [0.25, 0.3) is 10.9 Å². The minimum absolute atomic E-state index is 0.292. The van der Waals surface area contributed by atoms with Crippen molar-refractivity contribution in [1.82, 2.24) is 9.97 Å². The summed E-state index contributed by atoms with van der Waals surface area (Å²) < 4.78 is 10.9. The summed E-state index contributed by atoms with van der Waals surface area (Å²) in [6.45, 7) is 0. The summed E-state index contributed by atoms with van der Waals surface area (Å²) in [4.78, 5) is 8.23. The van der Waals surface area contributed by atoms with Gasteiger partial charge in [0.2, 0.25) is 0 Å². The molecule has 0 aliphatic heterocycles. The quantitative estimate of drug-likeness (QED) is 0.855. The Balaban J connectivity index is 2.81. The Hall–Kier alpha value is -1.07. The summed E-state index contributed by atoms with van der Waals surface area (Å²) in [6, 6.07) is 2.06. The van der Waals surface area contributed by atoms with Crippen LogP contribution < -0.4 is 9.47 Å². The smallest absolute Gasteiger partial charge is 0.316 e. The van der Waals surface area contributed by atoms with E-state index in [1.54, 1.807) is 19.4 Å². The Bertz CT molecular complexity index is 548. The third kappa shape index (κ3) is 1.81. The van der Waals surface area contributed by atoms with E-state index >= 15 is 0 Å². The molecule has 2 rings (SSSR count). The van der Waals surface area contributed by atoms with Gasteiger partial charge >= 0.3 is 6.01 Å². The van der Waals surface area contributed by atoms with Gasteiger partial charge in [-0.25, -0.2) is 4.98 Å². The van der Waals surface area contributed by atoms with Gasteiger partial charge in [0, 0.05) is 11.6 Å². The van der Waals surface area contributed by atoms with Crippen LogP contribution in [0.2, 0.25) is 5.02 Å². The van der Waals surface area contributed by atoms with E-state index in [0.717, 1.165) is 5.39 Å². The fraction of sp³-hybridized carbons (Fsp3) is 0.200. The summed E-state index contributed by atoms with van der Waals surface area (Å²) in [5.74, 6) is 0.572. The highest BCUT2D eigenvalue weighted by Crippen LogP contribution is 2.38. The molecular formula is C10H8BrClN2O2. The van der Waals surface area contributed by atoms with Gasteiger partial charge in [0.1, 0.15) is 5.52 Å². The van der Waals surface area contributed by atoms with Crippen molar-refractivity contribution in [3.8, 4) is 11.8 Å². The summed E-state index contributed by atoms with van der Waals surface area (Å²) in [5, 5.41) is 1.35. The molecule has 0 spiro atoms. The van der Waals surface area contributed by atoms with Gasteiger partial charge in [-0.2, -0.15) is 4.98 Å². The Morgan fingerprint density at radius 2 is 2.06 bits per heavy atom. The Kier molecular flexibility index (Phi) is 3.16. The highest BCUT2D eigenvalue weighted by molar-refractivity contribution is 9.10. The SMILES string of the molecule is COc1ncc2cc(Cl)c(Br)c(OC)c2n1. The molecule has 0 saturated heterocycles. The second kappa shape index (κ2) is 4.43. The van der Waals surface area contributed by atoms with E-state index < -0.39 is 0 Å². The zero-order valence-corrected chi connectivity index (χ0v) is 11.0. The zero-order chi connectivity index (χ0) is 11.7. The fourth-order valence-electron chi connectivity index (χ4n) is 1.36. The number of rotatable bonds is 2. The maximum atomic E-state index is 6.03. The zero-order valence-electron chi connectivity index (χ0n) is 8.62. The number of hydrogen-bond donors (Lipinski definition) is 0. The van der Waals surface area contributed by atoms with Crippen molar-refractivity contribution in [1.29, 1.82) is 0 Å². The van der Waals surface area contributed by atoms with Crippen LogP contribution in [0.5, 0.6) is 11.8 Å². The van der Waals surface area contributed by atoms with Crippen LogP contribution in [-0.2, 0) is 0 Å². The second-order valence-corrected chi connectivity index (χ2v) is 4.20. The highest BCUT2D eigenvalue weighted by Gasteiger charge is 2.13. The van der Waals surface area contributed by atoms with Gasteiger partial charge < -0.3 is 9.47 Å². The molecule has 0 bridgehead atoms. The first-order valence-electron chi connectivity index (χ1n) is 4.40. The van der Waals surface area contributed by atoms with E-state index in [2.05, 4.69) is 25.9 Å². The average Bonchev–Trinajstić information content (AvgIpc) is 2.30. The molecule has 0 unspecified atom stereocenters. The number of nitrogens with zero attached hydrogens (tertiary/aromatic N) is 2. The molecule has 0 fully saturated rings. The van der Waals surface area contributed by atoms with Gasteiger partial charge in [0.25, 0.3) is 0 Å². The van der Waals surface area contributed by atoms with Gasteiger partial charge in [-0.1, -0.05) is 11.6 Å². The van der Waals surface area contributed by atoms with E-state index in [4.69, 9.17) is 21.1 Å². The van der Waals surface area contributed by atoms with Crippen molar-refractivity contribution in [2.75, 3.05) is 14.2 Å². The molecule has 0 amide bonds. The van der Waals surface area contributed by atoms with Crippen LogP contribution in [0.15, 0.2) is 16.7 Å². The Labute approximate surface area is 106 Å². The number of fused-ring (bicyclic) bond motifs is 1. The molecule has 2 aromatic rings. The molecule has 4 nitrogen and oxygen atoms in total. The normalized spacial score (nSPS) is 10.5. The van der Waals surface area contributed by atoms with Crippen molar-refractivity contribution in [2.45, 2.75) is 0 Å². The first kappa shape index (κ1) is 11.4. The number of hydrogen-bond acceptors (Lipinski definition) is 4. The molecule has 1 heterocycles. The Morgan fingerprint density at radius 3 is 2.69 bits per heavy atom. The standard InChI is InChI=1S/C10H8BrClN2O2/c1-15-9-7(11)6(12)3-5-4-13-10(16-2)14-8(5)9/h3-4H,1-2H3. The number of methoxy groups -OCH3 is 2. The van der Waals surface area contributed by atoms with E-state index in [1.807, 2.05) is 0 Å². The van der Waals surface area contributed by atoms with E-state index in [-0.39, 0.29) is 0 Å². The fourth-order valence-corrected chi connectivity index (χ4v) is 2.03. The van der Waals surface area contributed by atoms with Gasteiger partial charge in [-0.3, -0.25) is 0 Å². The number of ether oxygens (including phenoxy) is 2. The van der Waals surface area contributed by atoms with Crippen molar-refractivity contribution in [3.05, 3.63) is 21.8 Å². The molecule has 16 heavy (non-hydrogen) atoms. The van der Waals surface area contributed by atoms with Crippen LogP contribution in [0.4, 0.5) is 0 Å². The number of aromatic nitrogens is 2. The van der Waals surface area contributed by atoms with E-state index in [9.17, 15) is 0 Å². The third-order valence-corrected chi connectivity index (χ3v) is 3.40. The van der Waals surface area contributed by atoms with Gasteiger partial charge in [-0.05, 0) is 22.0 Å². The minimum Gasteiger partial charge on any atom is -0.493 e. The van der Waals surface area contributed by atoms with Crippen molar-refractivity contribution in [2.24, 2.45) is 0 Å². The molecule has 1 aromatic carbocycles. The summed E-state index contributed by atoms with van der Waals surface area (Å²) in [5.41, 5.74) is 0.658. The summed E-state index contributed by atoms with van der Waals surface area (Å²) in [6.07, 6.45) is 1.64. The van der Waals surface area contributed by atoms with Crippen LogP contribution in [0.3, 0.4) is 0 Å². The van der Waals surface area contributed by atoms with Crippen LogP contribution >= 0.6 is 27.5 Å². The largest absolute Gasteiger partial charge is 0.493 e. The second-order valence-electron chi connectivity index (χ2n) is 3.00. The van der Waals surface area contributed by atoms with Gasteiger partial charge in [0.05, 0.1) is 23.7 Å². The monoisotopic (exact) mass is 302 g/mol. The van der Waals surface area contributed by atoms with Crippen LogP contribution in [0, 0.1) is 0 Å². The van der Waals surface area contributed by atoms with E-state index in [0.29, 0.717) is 26.8 Å². The first-order valence-corrected chi connectivity index (χ1v) is 5.57. The lowest BCUT2D eigenvalue weighted by molar-refractivity contribution is 0.379. The molecule has 0 atom stereocenters. The lowest BCUT2D eigenvalue weighted by Gasteiger charge is -2.09. The molecule has 0 N–H and O–H groups in total. The number of benzene rings is 1. The lowest BCUT2D eigenvalue weighted by atomic mass is 10.2. The summed E-state index contributed by atoms with van der Waals surface area (Å²) in [7, 11) is 3.07. The van der Waals surface area contributed by atoms with Gasteiger partial charge in [-0.15, -0.1) is 0 Å². The van der Waals surface area contributed by atoms with E-state index in [1.165, 1.54) is 7.11 Å². The topological polar surface area (TPSA) is 44.2 Å². The van der Waals surface area contributed by atoms with Crippen LogP contribution in [0.1, 0.15) is 0 Å². The maximum Gasteiger partial charge on any atom is 0.316 e.